The van der Waals surface area contributed by atoms with Crippen LogP contribution in [0.1, 0.15) is 36.9 Å². The van der Waals surface area contributed by atoms with Crippen molar-refractivity contribution in [3.8, 4) is 0 Å². The molecule has 1 heterocycles. The molecule has 1 aromatic rings. The van der Waals surface area contributed by atoms with Crippen LogP contribution in [0.4, 0.5) is 0 Å². The van der Waals surface area contributed by atoms with Crippen molar-refractivity contribution in [1.29, 1.82) is 0 Å². The molecule has 2 N–H and O–H groups in total. The third-order valence-electron chi connectivity index (χ3n) is 3.31. The summed E-state index contributed by atoms with van der Waals surface area (Å²) in [5.41, 5.74) is 2.26. The Balaban J connectivity index is 1.87. The summed E-state index contributed by atoms with van der Waals surface area (Å²) in [6, 6.07) is 8.55. The fourth-order valence-corrected chi connectivity index (χ4v) is 3.41. The molecule has 1 aromatic carbocycles. The Labute approximate surface area is 108 Å². The Hall–Kier alpha value is -0.510. The lowest BCUT2D eigenvalue weighted by Gasteiger charge is -2.17. The van der Waals surface area contributed by atoms with Gasteiger partial charge in [-0.2, -0.15) is 11.8 Å². The summed E-state index contributed by atoms with van der Waals surface area (Å²) in [5, 5.41) is 13.5. The third kappa shape index (κ3) is 3.73. The molecule has 1 aliphatic rings. The number of benzene rings is 1. The van der Waals surface area contributed by atoms with Crippen LogP contribution in [0.2, 0.25) is 0 Å². The lowest BCUT2D eigenvalue weighted by molar-refractivity contribution is 0.281. The van der Waals surface area contributed by atoms with Gasteiger partial charge < -0.3 is 10.4 Å². The average molecular weight is 251 g/mol. The molecule has 0 bridgehead atoms. The van der Waals surface area contributed by atoms with Crippen LogP contribution in [-0.4, -0.2) is 22.7 Å². The zero-order valence-corrected chi connectivity index (χ0v) is 11.2. The molecule has 1 aliphatic heterocycles. The number of aliphatic hydroxyl groups is 1. The highest BCUT2D eigenvalue weighted by Crippen LogP contribution is 2.26. The van der Waals surface area contributed by atoms with Crippen LogP contribution in [0.15, 0.2) is 24.3 Å². The molecule has 1 saturated heterocycles. The van der Waals surface area contributed by atoms with Crippen molar-refractivity contribution in [3.63, 3.8) is 0 Å². The molecular weight excluding hydrogens is 230 g/mol. The maximum absolute atomic E-state index is 9.12. The van der Waals surface area contributed by atoms with E-state index in [-0.39, 0.29) is 6.61 Å². The molecule has 3 heteroatoms. The zero-order valence-electron chi connectivity index (χ0n) is 10.4. The van der Waals surface area contributed by atoms with Crippen molar-refractivity contribution in [2.24, 2.45) is 0 Å². The van der Waals surface area contributed by atoms with Crippen LogP contribution in [-0.2, 0) is 6.61 Å². The van der Waals surface area contributed by atoms with Crippen LogP contribution in [0.5, 0.6) is 0 Å². The van der Waals surface area contributed by atoms with Gasteiger partial charge in [-0.25, -0.2) is 0 Å². The van der Waals surface area contributed by atoms with E-state index in [4.69, 9.17) is 5.11 Å². The Kier molecular flexibility index (Phi) is 4.89. The second-order valence-corrected chi connectivity index (χ2v) is 6.08. The number of rotatable bonds is 5. The lowest BCUT2D eigenvalue weighted by atomic mass is 10.1. The third-order valence-corrected chi connectivity index (χ3v) is 4.71. The van der Waals surface area contributed by atoms with E-state index in [0.29, 0.717) is 6.04 Å². The first-order chi connectivity index (χ1) is 8.29. The van der Waals surface area contributed by atoms with Gasteiger partial charge in [0.2, 0.25) is 0 Å². The minimum Gasteiger partial charge on any atom is -0.392 e. The molecule has 0 aromatic heterocycles. The molecule has 2 atom stereocenters. The second-order valence-electron chi connectivity index (χ2n) is 4.67. The van der Waals surface area contributed by atoms with Gasteiger partial charge in [-0.15, -0.1) is 0 Å². The van der Waals surface area contributed by atoms with Gasteiger partial charge in [0.15, 0.2) is 0 Å². The van der Waals surface area contributed by atoms with Crippen molar-refractivity contribution in [2.45, 2.75) is 37.7 Å². The molecule has 2 rings (SSSR count). The highest BCUT2D eigenvalue weighted by molar-refractivity contribution is 8.00. The minimum absolute atomic E-state index is 0.124. The van der Waals surface area contributed by atoms with Gasteiger partial charge in [-0.3, -0.25) is 0 Å². The second kappa shape index (κ2) is 6.43. The zero-order chi connectivity index (χ0) is 12.1. The summed E-state index contributed by atoms with van der Waals surface area (Å²) in [5.74, 6) is 1.32. The van der Waals surface area contributed by atoms with Gasteiger partial charge in [-0.05, 0) is 36.6 Å². The van der Waals surface area contributed by atoms with Crippen LogP contribution >= 0.6 is 11.8 Å². The molecule has 0 radical (unpaired) electrons. The summed E-state index contributed by atoms with van der Waals surface area (Å²) in [4.78, 5) is 0. The highest BCUT2D eigenvalue weighted by atomic mass is 32.2. The van der Waals surface area contributed by atoms with Crippen LogP contribution < -0.4 is 5.32 Å². The monoisotopic (exact) mass is 251 g/mol. The van der Waals surface area contributed by atoms with Crippen molar-refractivity contribution < 1.29 is 5.11 Å². The van der Waals surface area contributed by atoms with Gasteiger partial charge in [0.25, 0.3) is 0 Å². The summed E-state index contributed by atoms with van der Waals surface area (Å²) in [6.07, 6.45) is 2.71. The van der Waals surface area contributed by atoms with Gasteiger partial charge in [0, 0.05) is 17.8 Å². The van der Waals surface area contributed by atoms with Crippen LogP contribution in [0.3, 0.4) is 0 Å². The summed E-state index contributed by atoms with van der Waals surface area (Å²) in [6.45, 7) is 3.41. The number of hydrogen-bond acceptors (Lipinski definition) is 3. The van der Waals surface area contributed by atoms with Crippen molar-refractivity contribution in [1.82, 2.24) is 5.32 Å². The van der Waals surface area contributed by atoms with Gasteiger partial charge in [0.05, 0.1) is 6.61 Å². The van der Waals surface area contributed by atoms with Crippen molar-refractivity contribution in [2.75, 3.05) is 12.3 Å². The van der Waals surface area contributed by atoms with E-state index >= 15 is 0 Å². The van der Waals surface area contributed by atoms with Crippen molar-refractivity contribution >= 4 is 11.8 Å². The lowest BCUT2D eigenvalue weighted by Crippen LogP contribution is -2.26. The molecule has 17 heavy (non-hydrogen) atoms. The van der Waals surface area contributed by atoms with Gasteiger partial charge in [-0.1, -0.05) is 24.3 Å². The Morgan fingerprint density at radius 3 is 3.12 bits per heavy atom. The number of thioether (sulfide) groups is 1. The van der Waals surface area contributed by atoms with Crippen molar-refractivity contribution in [3.05, 3.63) is 35.4 Å². The largest absolute Gasteiger partial charge is 0.392 e. The fraction of sp³-hybridized carbons (Fsp3) is 0.571. The summed E-state index contributed by atoms with van der Waals surface area (Å²) < 4.78 is 0. The molecule has 0 saturated carbocycles. The van der Waals surface area contributed by atoms with Gasteiger partial charge >= 0.3 is 0 Å². The van der Waals surface area contributed by atoms with Gasteiger partial charge in [0.1, 0.15) is 0 Å². The van der Waals surface area contributed by atoms with E-state index < -0.39 is 0 Å². The number of nitrogens with one attached hydrogen (secondary N) is 1. The summed E-state index contributed by atoms with van der Waals surface area (Å²) >= 11 is 2.08. The summed E-state index contributed by atoms with van der Waals surface area (Å²) in [7, 11) is 0. The maximum Gasteiger partial charge on any atom is 0.0681 e. The average Bonchev–Trinajstić information content (AvgIpc) is 2.89. The number of aliphatic hydroxyl groups excluding tert-OH is 1. The smallest absolute Gasteiger partial charge is 0.0681 e. The Morgan fingerprint density at radius 2 is 2.41 bits per heavy atom. The van der Waals surface area contributed by atoms with Crippen LogP contribution in [0, 0.1) is 0 Å². The topological polar surface area (TPSA) is 32.3 Å². The predicted molar refractivity (Wildman–Crippen MR) is 74.3 cm³/mol. The maximum atomic E-state index is 9.12. The first-order valence-corrected chi connectivity index (χ1v) is 7.39. The molecule has 94 valence electrons. The predicted octanol–water partition coefficient (Wildman–Crippen LogP) is 2.73. The van der Waals surface area contributed by atoms with E-state index in [2.05, 4.69) is 36.1 Å². The SMILES string of the molecule is CC(NCC1CCCS1)c1cccc(CO)c1. The molecule has 0 amide bonds. The first-order valence-electron chi connectivity index (χ1n) is 6.34. The highest BCUT2D eigenvalue weighted by Gasteiger charge is 2.16. The molecule has 1 fully saturated rings. The molecule has 2 nitrogen and oxygen atoms in total. The number of hydrogen-bond donors (Lipinski definition) is 2. The van der Waals surface area contributed by atoms with E-state index in [0.717, 1.165) is 17.4 Å². The van der Waals surface area contributed by atoms with E-state index in [1.54, 1.807) is 0 Å². The first kappa shape index (κ1) is 12.9. The minimum atomic E-state index is 0.124. The van der Waals surface area contributed by atoms with E-state index in [9.17, 15) is 0 Å². The Morgan fingerprint density at radius 1 is 1.53 bits per heavy atom. The normalized spacial score (nSPS) is 21.6. The molecule has 2 unspecified atom stereocenters. The quantitative estimate of drug-likeness (QED) is 0.844. The molecule has 0 spiro atoms. The Bertz CT molecular complexity index is 350. The molecular formula is C14H21NOS. The fourth-order valence-electron chi connectivity index (χ4n) is 2.19. The molecule has 0 aliphatic carbocycles. The van der Waals surface area contributed by atoms with E-state index in [1.807, 2.05) is 12.1 Å². The van der Waals surface area contributed by atoms with E-state index in [1.165, 1.54) is 24.2 Å². The standard InChI is InChI=1S/C14H21NOS/c1-11(15-9-14-6-3-7-17-14)13-5-2-4-12(8-13)10-16/h2,4-5,8,11,14-16H,3,6-7,9-10H2,1H3. The van der Waals surface area contributed by atoms with Crippen LogP contribution in [0.25, 0.3) is 0 Å².